The molecule has 0 saturated heterocycles. The molecule has 1 N–H and O–H groups in total. The van der Waals surface area contributed by atoms with Crippen LogP contribution in [0, 0.1) is 34.9 Å². The molecule has 0 spiro atoms. The molecule has 2 rings (SSSR count). The summed E-state index contributed by atoms with van der Waals surface area (Å²) >= 11 is 0. The molecule has 0 heterocycles. The van der Waals surface area contributed by atoms with Gasteiger partial charge in [0.25, 0.3) is 0 Å². The maximum Gasteiger partial charge on any atom is 0.338 e. The Labute approximate surface area is 126 Å². The predicted octanol–water partition coefficient (Wildman–Crippen LogP) is 4.45. The fraction of sp³-hybridized carbons (Fsp3) is 0.133. The second kappa shape index (κ2) is 5.94. The molecule has 0 atom stereocenters. The number of rotatable bonds is 3. The molecule has 2 aromatic rings. The van der Waals surface area contributed by atoms with Gasteiger partial charge < -0.3 is 5.11 Å². The van der Waals surface area contributed by atoms with Crippen LogP contribution in [0.5, 0.6) is 0 Å². The summed E-state index contributed by atoms with van der Waals surface area (Å²) in [6.07, 6.45) is -0.200. The number of benzene rings is 2. The largest absolute Gasteiger partial charge is 0.478 e. The molecule has 0 bridgehead atoms. The van der Waals surface area contributed by atoms with Crippen molar-refractivity contribution in [1.82, 2.24) is 0 Å². The van der Waals surface area contributed by atoms with Crippen molar-refractivity contribution in [3.63, 3.8) is 0 Å². The molecule has 0 fully saturated rings. The van der Waals surface area contributed by atoms with Crippen molar-refractivity contribution < 1.29 is 36.2 Å². The summed E-state index contributed by atoms with van der Waals surface area (Å²) in [5.41, 5.74) is -3.12. The van der Waals surface area contributed by atoms with E-state index >= 15 is 0 Å². The lowest BCUT2D eigenvalue weighted by Crippen LogP contribution is -2.10. The van der Waals surface area contributed by atoms with Gasteiger partial charge in [0.15, 0.2) is 23.3 Å². The Morgan fingerprint density at radius 3 is 1.83 bits per heavy atom. The van der Waals surface area contributed by atoms with E-state index in [0.717, 1.165) is 6.07 Å². The smallest absolute Gasteiger partial charge is 0.338 e. The minimum atomic E-state index is -2.33. The topological polar surface area (TPSA) is 37.3 Å². The Morgan fingerprint density at radius 1 is 0.913 bits per heavy atom. The standard InChI is InChI=1S/C15H8F6O2/c1-2-5-6(3-4-7(16)8(5)15(22)23)9-10(17)12(19)14(21)13(20)11(9)18/h3-4H,2H2,1H3,(H,22,23). The summed E-state index contributed by atoms with van der Waals surface area (Å²) in [5.74, 6) is -13.8. The molecule has 0 amide bonds. The fourth-order valence-corrected chi connectivity index (χ4v) is 2.29. The second-order valence-corrected chi connectivity index (χ2v) is 4.55. The summed E-state index contributed by atoms with van der Waals surface area (Å²) in [6, 6.07) is 1.37. The summed E-state index contributed by atoms with van der Waals surface area (Å²) in [6.45, 7) is 1.36. The van der Waals surface area contributed by atoms with Crippen molar-refractivity contribution >= 4 is 5.97 Å². The zero-order valence-corrected chi connectivity index (χ0v) is 11.5. The molecule has 2 aromatic carbocycles. The Balaban J connectivity index is 2.94. The minimum Gasteiger partial charge on any atom is -0.478 e. The van der Waals surface area contributed by atoms with Crippen molar-refractivity contribution in [2.45, 2.75) is 13.3 Å². The molecular weight excluding hydrogens is 326 g/mol. The maximum absolute atomic E-state index is 13.9. The normalized spacial score (nSPS) is 10.9. The van der Waals surface area contributed by atoms with E-state index in [-0.39, 0.29) is 12.0 Å². The van der Waals surface area contributed by atoms with E-state index < -0.39 is 57.6 Å². The van der Waals surface area contributed by atoms with Crippen LogP contribution in [0.2, 0.25) is 0 Å². The molecular formula is C15H8F6O2. The van der Waals surface area contributed by atoms with Crippen LogP contribution in [0.3, 0.4) is 0 Å². The quantitative estimate of drug-likeness (QED) is 0.512. The van der Waals surface area contributed by atoms with Crippen LogP contribution in [0.1, 0.15) is 22.8 Å². The molecule has 0 aliphatic heterocycles. The lowest BCUT2D eigenvalue weighted by Gasteiger charge is -2.14. The number of aromatic carboxylic acids is 1. The Kier molecular flexibility index (Phi) is 4.35. The molecule has 0 saturated carbocycles. The third-order valence-corrected chi connectivity index (χ3v) is 3.31. The third-order valence-electron chi connectivity index (χ3n) is 3.31. The van der Waals surface area contributed by atoms with E-state index in [4.69, 9.17) is 5.11 Å². The Bertz CT molecular complexity index is 787. The van der Waals surface area contributed by atoms with Gasteiger partial charge in [-0.15, -0.1) is 0 Å². The highest BCUT2D eigenvalue weighted by atomic mass is 19.2. The number of halogens is 6. The van der Waals surface area contributed by atoms with E-state index in [0.29, 0.717) is 6.07 Å². The first-order chi connectivity index (χ1) is 10.7. The summed E-state index contributed by atoms with van der Waals surface area (Å²) in [7, 11) is 0. The first-order valence-corrected chi connectivity index (χ1v) is 6.28. The van der Waals surface area contributed by atoms with E-state index in [1.54, 1.807) is 0 Å². The van der Waals surface area contributed by atoms with Gasteiger partial charge in [-0.2, -0.15) is 0 Å². The van der Waals surface area contributed by atoms with Crippen LogP contribution in [0.25, 0.3) is 11.1 Å². The van der Waals surface area contributed by atoms with Crippen LogP contribution < -0.4 is 0 Å². The summed E-state index contributed by atoms with van der Waals surface area (Å²) in [4.78, 5) is 11.1. The van der Waals surface area contributed by atoms with Gasteiger partial charge in [-0.05, 0) is 23.6 Å². The van der Waals surface area contributed by atoms with Crippen LogP contribution in [-0.2, 0) is 6.42 Å². The van der Waals surface area contributed by atoms with Gasteiger partial charge in [-0.1, -0.05) is 13.0 Å². The molecule has 0 aromatic heterocycles. The van der Waals surface area contributed by atoms with E-state index in [2.05, 4.69) is 0 Å². The Morgan fingerprint density at radius 2 is 1.39 bits per heavy atom. The van der Waals surface area contributed by atoms with Gasteiger partial charge in [-0.25, -0.2) is 31.1 Å². The maximum atomic E-state index is 13.9. The van der Waals surface area contributed by atoms with Gasteiger partial charge in [-0.3, -0.25) is 0 Å². The summed E-state index contributed by atoms with van der Waals surface area (Å²) < 4.78 is 81.1. The highest BCUT2D eigenvalue weighted by Gasteiger charge is 2.29. The number of carbonyl (C=O) groups is 1. The zero-order valence-electron chi connectivity index (χ0n) is 11.5. The number of hydrogen-bond donors (Lipinski definition) is 1. The average Bonchev–Trinajstić information content (AvgIpc) is 2.51. The van der Waals surface area contributed by atoms with Gasteiger partial charge >= 0.3 is 5.97 Å². The van der Waals surface area contributed by atoms with Gasteiger partial charge in [0.1, 0.15) is 5.82 Å². The monoisotopic (exact) mass is 334 g/mol. The first kappa shape index (κ1) is 16.9. The average molecular weight is 334 g/mol. The van der Waals surface area contributed by atoms with Crippen LogP contribution in [-0.4, -0.2) is 11.1 Å². The van der Waals surface area contributed by atoms with Gasteiger partial charge in [0, 0.05) is 0 Å². The van der Waals surface area contributed by atoms with Crippen molar-refractivity contribution in [2.75, 3.05) is 0 Å². The Hall–Kier alpha value is -2.51. The molecule has 23 heavy (non-hydrogen) atoms. The lowest BCUT2D eigenvalue weighted by molar-refractivity contribution is 0.0690. The highest BCUT2D eigenvalue weighted by Crippen LogP contribution is 2.35. The predicted molar refractivity (Wildman–Crippen MR) is 68.0 cm³/mol. The fourth-order valence-electron chi connectivity index (χ4n) is 2.29. The van der Waals surface area contributed by atoms with Crippen molar-refractivity contribution in [1.29, 1.82) is 0 Å². The molecule has 0 unspecified atom stereocenters. The molecule has 0 aliphatic rings. The van der Waals surface area contributed by atoms with Gasteiger partial charge in [0.2, 0.25) is 5.82 Å². The van der Waals surface area contributed by atoms with Crippen molar-refractivity contribution in [3.8, 4) is 11.1 Å². The van der Waals surface area contributed by atoms with Crippen LogP contribution in [0.4, 0.5) is 26.3 Å². The molecule has 122 valence electrons. The highest BCUT2D eigenvalue weighted by molar-refractivity contribution is 5.92. The lowest BCUT2D eigenvalue weighted by atomic mass is 9.92. The number of hydrogen-bond acceptors (Lipinski definition) is 1. The second-order valence-electron chi connectivity index (χ2n) is 4.55. The molecule has 2 nitrogen and oxygen atoms in total. The van der Waals surface area contributed by atoms with Crippen LogP contribution >= 0.6 is 0 Å². The number of carboxylic acids is 1. The minimum absolute atomic E-state index is 0.200. The first-order valence-electron chi connectivity index (χ1n) is 6.28. The zero-order chi connectivity index (χ0) is 17.5. The molecule has 0 aliphatic carbocycles. The molecule has 0 radical (unpaired) electrons. The third kappa shape index (κ3) is 2.54. The molecule has 8 heteroatoms. The van der Waals surface area contributed by atoms with Crippen LogP contribution in [0.15, 0.2) is 12.1 Å². The number of carboxylic acid groups (broad SMARTS) is 1. The van der Waals surface area contributed by atoms with Crippen molar-refractivity contribution in [3.05, 3.63) is 58.2 Å². The van der Waals surface area contributed by atoms with E-state index in [1.165, 1.54) is 6.92 Å². The summed E-state index contributed by atoms with van der Waals surface area (Å²) in [5, 5.41) is 9.01. The van der Waals surface area contributed by atoms with E-state index in [1.807, 2.05) is 0 Å². The van der Waals surface area contributed by atoms with Gasteiger partial charge in [0.05, 0.1) is 11.1 Å². The van der Waals surface area contributed by atoms with Crippen molar-refractivity contribution in [2.24, 2.45) is 0 Å². The SMILES string of the molecule is CCc1c(-c2c(F)c(F)c(F)c(F)c2F)ccc(F)c1C(=O)O. The van der Waals surface area contributed by atoms with E-state index in [9.17, 15) is 31.1 Å².